The lowest BCUT2D eigenvalue weighted by molar-refractivity contribution is -0.144. The summed E-state index contributed by atoms with van der Waals surface area (Å²) in [5.74, 6) is 0.301. The zero-order chi connectivity index (χ0) is 15.7. The van der Waals surface area contributed by atoms with E-state index in [9.17, 15) is 9.59 Å². The molecule has 2 N–H and O–H groups in total. The fourth-order valence-electron chi connectivity index (χ4n) is 2.98. The first-order chi connectivity index (χ1) is 10.5. The van der Waals surface area contributed by atoms with Crippen molar-refractivity contribution in [2.45, 2.75) is 38.7 Å². The molecular weight excluding hydrogens is 280 g/mol. The van der Waals surface area contributed by atoms with E-state index in [4.69, 9.17) is 10.5 Å². The number of primary amides is 1. The lowest BCUT2D eigenvalue weighted by Crippen LogP contribution is -2.48. The Morgan fingerprint density at radius 2 is 1.77 bits per heavy atom. The Hall–Kier alpha value is -2.04. The van der Waals surface area contributed by atoms with Crippen LogP contribution in [0.3, 0.4) is 0 Å². The average molecular weight is 302 g/mol. The molecule has 1 aliphatic heterocycles. The molecule has 1 heterocycles. The first-order valence-corrected chi connectivity index (χ1v) is 7.84. The van der Waals surface area contributed by atoms with Crippen molar-refractivity contribution in [3.05, 3.63) is 29.8 Å². The normalized spacial score (nSPS) is 20.5. The Balaban J connectivity index is 1.53. The van der Waals surface area contributed by atoms with E-state index in [1.165, 1.54) is 5.56 Å². The maximum Gasteiger partial charge on any atom is 0.238 e. The molecule has 0 atom stereocenters. The second-order valence-electron chi connectivity index (χ2n) is 6.37. The van der Waals surface area contributed by atoms with Crippen LogP contribution in [0, 0.1) is 12.3 Å². The third-order valence-corrected chi connectivity index (χ3v) is 4.68. The van der Waals surface area contributed by atoms with E-state index in [2.05, 4.69) is 0 Å². The van der Waals surface area contributed by atoms with E-state index in [1.54, 1.807) is 4.90 Å². The molecule has 0 aromatic heterocycles. The van der Waals surface area contributed by atoms with Crippen molar-refractivity contribution in [2.24, 2.45) is 11.1 Å². The van der Waals surface area contributed by atoms with Crippen molar-refractivity contribution < 1.29 is 14.3 Å². The predicted molar refractivity (Wildman–Crippen MR) is 82.3 cm³/mol. The van der Waals surface area contributed by atoms with Gasteiger partial charge in [0.05, 0.1) is 0 Å². The van der Waals surface area contributed by atoms with Gasteiger partial charge in [0.1, 0.15) is 17.3 Å². The lowest BCUT2D eigenvalue weighted by atomic mass is 10.0. The van der Waals surface area contributed by atoms with Crippen LogP contribution in [0.25, 0.3) is 0 Å². The molecule has 2 amide bonds. The van der Waals surface area contributed by atoms with Gasteiger partial charge in [0.2, 0.25) is 11.8 Å². The Morgan fingerprint density at radius 1 is 1.18 bits per heavy atom. The molecule has 1 aliphatic carbocycles. The number of nitrogens with two attached hydrogens (primary N) is 1. The molecule has 0 unspecified atom stereocenters. The van der Waals surface area contributed by atoms with Crippen molar-refractivity contribution in [1.29, 1.82) is 0 Å². The van der Waals surface area contributed by atoms with Gasteiger partial charge in [0.15, 0.2) is 0 Å². The van der Waals surface area contributed by atoms with Crippen LogP contribution in [-0.4, -0.2) is 35.9 Å². The Morgan fingerprint density at radius 3 is 2.27 bits per heavy atom. The summed E-state index contributed by atoms with van der Waals surface area (Å²) in [6, 6.07) is 7.99. The number of aryl methyl sites for hydroxylation is 1. The van der Waals surface area contributed by atoms with Gasteiger partial charge in [-0.2, -0.15) is 0 Å². The number of hydrogen-bond donors (Lipinski definition) is 1. The summed E-state index contributed by atoms with van der Waals surface area (Å²) in [5.41, 5.74) is 5.68. The number of benzene rings is 1. The van der Waals surface area contributed by atoms with Gasteiger partial charge in [-0.25, -0.2) is 0 Å². The molecule has 0 bridgehead atoms. The predicted octanol–water partition coefficient (Wildman–Crippen LogP) is 1.63. The topological polar surface area (TPSA) is 72.6 Å². The number of likely N-dealkylation sites (tertiary alicyclic amines) is 1. The first kappa shape index (κ1) is 14.9. The molecule has 22 heavy (non-hydrogen) atoms. The number of ether oxygens (including phenoxy) is 1. The largest absolute Gasteiger partial charge is 0.490 e. The maximum absolute atomic E-state index is 12.4. The van der Waals surface area contributed by atoms with E-state index < -0.39 is 11.3 Å². The van der Waals surface area contributed by atoms with Crippen LogP contribution < -0.4 is 10.5 Å². The van der Waals surface area contributed by atoms with Gasteiger partial charge in [-0.3, -0.25) is 9.59 Å². The number of nitrogens with zero attached hydrogens (tertiary/aromatic N) is 1. The SMILES string of the molecule is Cc1ccc(OC2CCN(C(=O)C3(C(N)=O)CC3)CC2)cc1. The van der Waals surface area contributed by atoms with Crippen molar-refractivity contribution in [2.75, 3.05) is 13.1 Å². The summed E-state index contributed by atoms with van der Waals surface area (Å²) in [6.07, 6.45) is 2.89. The molecule has 1 saturated carbocycles. The molecule has 0 radical (unpaired) electrons. The molecule has 1 saturated heterocycles. The Kier molecular flexibility index (Phi) is 3.81. The van der Waals surface area contributed by atoms with Crippen LogP contribution in [0.15, 0.2) is 24.3 Å². The fraction of sp³-hybridized carbons (Fsp3) is 0.529. The smallest absolute Gasteiger partial charge is 0.238 e. The lowest BCUT2D eigenvalue weighted by Gasteiger charge is -2.33. The monoisotopic (exact) mass is 302 g/mol. The highest BCUT2D eigenvalue weighted by Gasteiger charge is 2.57. The Labute approximate surface area is 130 Å². The van der Waals surface area contributed by atoms with Gasteiger partial charge < -0.3 is 15.4 Å². The van der Waals surface area contributed by atoms with E-state index in [0.29, 0.717) is 25.9 Å². The van der Waals surface area contributed by atoms with E-state index in [-0.39, 0.29) is 12.0 Å². The number of hydrogen-bond acceptors (Lipinski definition) is 3. The minimum Gasteiger partial charge on any atom is -0.490 e. The molecule has 5 heteroatoms. The minimum atomic E-state index is -0.898. The molecular formula is C17H22N2O3. The van der Waals surface area contributed by atoms with Crippen LogP contribution in [0.4, 0.5) is 0 Å². The number of amides is 2. The van der Waals surface area contributed by atoms with E-state index in [1.807, 2.05) is 31.2 Å². The molecule has 2 fully saturated rings. The summed E-state index contributed by atoms with van der Waals surface area (Å²) in [6.45, 7) is 3.30. The van der Waals surface area contributed by atoms with Crippen LogP contribution >= 0.6 is 0 Å². The van der Waals surface area contributed by atoms with Crippen molar-refractivity contribution in [3.63, 3.8) is 0 Å². The number of carbonyl (C=O) groups excluding carboxylic acids is 2. The third kappa shape index (κ3) is 2.80. The summed E-state index contributed by atoms with van der Waals surface area (Å²) in [7, 11) is 0. The molecule has 1 aromatic carbocycles. The fourth-order valence-corrected chi connectivity index (χ4v) is 2.98. The van der Waals surface area contributed by atoms with Crippen molar-refractivity contribution in [1.82, 2.24) is 4.90 Å². The van der Waals surface area contributed by atoms with Crippen LogP contribution in [0.5, 0.6) is 5.75 Å². The highest BCUT2D eigenvalue weighted by atomic mass is 16.5. The quantitative estimate of drug-likeness (QED) is 0.859. The summed E-state index contributed by atoms with van der Waals surface area (Å²) < 4.78 is 5.96. The van der Waals surface area contributed by atoms with Gasteiger partial charge in [0, 0.05) is 25.9 Å². The van der Waals surface area contributed by atoms with Gasteiger partial charge in [0.25, 0.3) is 0 Å². The number of carbonyl (C=O) groups is 2. The zero-order valence-electron chi connectivity index (χ0n) is 12.9. The maximum atomic E-state index is 12.4. The summed E-state index contributed by atoms with van der Waals surface area (Å²) in [4.78, 5) is 25.6. The van der Waals surface area contributed by atoms with Gasteiger partial charge >= 0.3 is 0 Å². The second-order valence-corrected chi connectivity index (χ2v) is 6.37. The summed E-state index contributed by atoms with van der Waals surface area (Å²) >= 11 is 0. The van der Waals surface area contributed by atoms with Crippen molar-refractivity contribution in [3.8, 4) is 5.75 Å². The van der Waals surface area contributed by atoms with Crippen LogP contribution in [-0.2, 0) is 9.59 Å². The molecule has 3 rings (SSSR count). The molecule has 1 aromatic rings. The molecule has 118 valence electrons. The number of piperidine rings is 1. The van der Waals surface area contributed by atoms with Crippen molar-refractivity contribution >= 4 is 11.8 Å². The highest BCUT2D eigenvalue weighted by Crippen LogP contribution is 2.47. The van der Waals surface area contributed by atoms with Crippen LogP contribution in [0.1, 0.15) is 31.2 Å². The van der Waals surface area contributed by atoms with Gasteiger partial charge in [-0.15, -0.1) is 0 Å². The van der Waals surface area contributed by atoms with Gasteiger partial charge in [-0.1, -0.05) is 17.7 Å². The summed E-state index contributed by atoms with van der Waals surface area (Å²) in [5, 5.41) is 0. The molecule has 5 nitrogen and oxygen atoms in total. The third-order valence-electron chi connectivity index (χ3n) is 4.68. The average Bonchev–Trinajstić information content (AvgIpc) is 3.31. The van der Waals surface area contributed by atoms with Gasteiger partial charge in [-0.05, 0) is 31.9 Å². The molecule has 2 aliphatic rings. The van der Waals surface area contributed by atoms with E-state index >= 15 is 0 Å². The van der Waals surface area contributed by atoms with E-state index in [0.717, 1.165) is 18.6 Å². The first-order valence-electron chi connectivity index (χ1n) is 7.84. The Bertz CT molecular complexity index is 570. The number of rotatable bonds is 4. The second kappa shape index (κ2) is 5.63. The molecule has 0 spiro atoms. The highest BCUT2D eigenvalue weighted by molar-refractivity contribution is 6.07. The standard InChI is InChI=1S/C17H22N2O3/c1-12-2-4-13(5-3-12)22-14-6-10-19(11-7-14)16(21)17(8-9-17)15(18)20/h2-5,14H,6-11H2,1H3,(H2,18,20). The van der Waals surface area contributed by atoms with Crippen LogP contribution in [0.2, 0.25) is 0 Å². The zero-order valence-corrected chi connectivity index (χ0v) is 12.9. The minimum absolute atomic E-state index is 0.0891.